The Labute approximate surface area is 164 Å². The van der Waals surface area contributed by atoms with Crippen LogP contribution in [0.15, 0.2) is 41.7 Å². The summed E-state index contributed by atoms with van der Waals surface area (Å²) in [4.78, 5) is 15.1. The molecule has 28 heavy (non-hydrogen) atoms. The average Bonchev–Trinajstić information content (AvgIpc) is 2.75. The lowest BCUT2D eigenvalue weighted by molar-refractivity contribution is -0.0145. The molecule has 0 spiro atoms. The monoisotopic (exact) mass is 377 g/mol. The maximum absolute atomic E-state index is 6.12. The fraction of sp³-hybridized carbons (Fsp3) is 0.381. The third-order valence-electron chi connectivity index (χ3n) is 5.31. The first kappa shape index (κ1) is 18.3. The zero-order valence-electron chi connectivity index (χ0n) is 15.8. The third kappa shape index (κ3) is 4.07. The Kier molecular flexibility index (Phi) is 5.40. The molecule has 0 radical (unpaired) electrons. The predicted molar refractivity (Wildman–Crippen MR) is 108 cm³/mol. The van der Waals surface area contributed by atoms with Gasteiger partial charge in [0.1, 0.15) is 24.0 Å². The first-order chi connectivity index (χ1) is 13.7. The number of anilines is 1. The Hall–Kier alpha value is -3.11. The van der Waals surface area contributed by atoms with Gasteiger partial charge in [-0.15, -0.1) is 4.99 Å². The fourth-order valence-electron chi connectivity index (χ4n) is 3.78. The number of ether oxygens (including phenoxy) is 2. The molecule has 4 heterocycles. The summed E-state index contributed by atoms with van der Waals surface area (Å²) in [5, 5.41) is 3.11. The van der Waals surface area contributed by atoms with E-state index in [0.29, 0.717) is 17.8 Å². The van der Waals surface area contributed by atoms with Crippen LogP contribution in [-0.4, -0.2) is 53.7 Å². The standard InChI is InChI=1S/C21H23N5O2/c1-3-22-21(28-19-13-26-10-8-16(19)9-11-26)25-20-12-18(23-14-24-20)15-4-6-17(27-2)7-5-15/h1,4-7,12,14,16,19H,8-11,13H2,2H3,(H,22,23,24,25)/t19-/m0/s1. The van der Waals surface area contributed by atoms with E-state index in [-0.39, 0.29) is 6.10 Å². The number of rotatable bonds is 4. The quantitative estimate of drug-likeness (QED) is 0.502. The molecule has 7 nitrogen and oxygen atoms in total. The molecule has 3 aliphatic rings. The largest absolute Gasteiger partial charge is 0.497 e. The highest BCUT2D eigenvalue weighted by molar-refractivity contribution is 5.89. The van der Waals surface area contributed by atoms with E-state index in [2.05, 4.69) is 31.2 Å². The summed E-state index contributed by atoms with van der Waals surface area (Å²) in [5.41, 5.74) is 1.74. The summed E-state index contributed by atoms with van der Waals surface area (Å²) in [7, 11) is 1.64. The van der Waals surface area contributed by atoms with Crippen LogP contribution >= 0.6 is 0 Å². The Morgan fingerprint density at radius 1 is 1.25 bits per heavy atom. The average molecular weight is 377 g/mol. The summed E-state index contributed by atoms with van der Waals surface area (Å²) >= 11 is 0. The number of piperidine rings is 3. The lowest BCUT2D eigenvalue weighted by atomic mass is 9.86. The molecule has 2 aromatic rings. The van der Waals surface area contributed by atoms with E-state index in [1.165, 1.54) is 6.33 Å². The number of nitrogens with zero attached hydrogens (tertiary/aromatic N) is 4. The summed E-state index contributed by atoms with van der Waals surface area (Å²) in [6.45, 7) is 3.21. The van der Waals surface area contributed by atoms with Gasteiger partial charge in [-0.1, -0.05) is 6.42 Å². The lowest BCUT2D eigenvalue weighted by Gasteiger charge is -2.44. The van der Waals surface area contributed by atoms with E-state index in [0.717, 1.165) is 49.5 Å². The van der Waals surface area contributed by atoms with Crippen molar-refractivity contribution in [2.45, 2.75) is 18.9 Å². The molecule has 2 bridgehead atoms. The number of aromatic nitrogens is 2. The van der Waals surface area contributed by atoms with Crippen molar-refractivity contribution in [1.29, 1.82) is 0 Å². The number of amidine groups is 1. The molecule has 0 saturated carbocycles. The van der Waals surface area contributed by atoms with Crippen LogP contribution in [0.2, 0.25) is 0 Å². The topological polar surface area (TPSA) is 71.9 Å². The molecule has 1 atom stereocenters. The van der Waals surface area contributed by atoms with Crippen molar-refractivity contribution in [2.24, 2.45) is 10.9 Å². The van der Waals surface area contributed by atoms with Crippen molar-refractivity contribution in [3.63, 3.8) is 0 Å². The third-order valence-corrected chi connectivity index (χ3v) is 5.31. The minimum absolute atomic E-state index is 0.102. The molecule has 0 amide bonds. The molecule has 0 unspecified atom stereocenters. The molecule has 3 aliphatic heterocycles. The molecule has 1 aromatic heterocycles. The van der Waals surface area contributed by atoms with E-state index >= 15 is 0 Å². The maximum Gasteiger partial charge on any atom is 0.304 e. The van der Waals surface area contributed by atoms with E-state index in [1.54, 1.807) is 7.11 Å². The molecule has 0 aliphatic carbocycles. The highest BCUT2D eigenvalue weighted by atomic mass is 16.5. The van der Waals surface area contributed by atoms with Crippen molar-refractivity contribution in [1.82, 2.24) is 14.9 Å². The molecule has 3 saturated heterocycles. The van der Waals surface area contributed by atoms with Gasteiger partial charge in [0.25, 0.3) is 0 Å². The van der Waals surface area contributed by atoms with Gasteiger partial charge in [0.15, 0.2) is 0 Å². The van der Waals surface area contributed by atoms with Crippen molar-refractivity contribution >= 4 is 11.8 Å². The van der Waals surface area contributed by atoms with E-state index in [1.807, 2.05) is 30.3 Å². The number of fused-ring (bicyclic) bond motifs is 3. The second-order valence-electron chi connectivity index (χ2n) is 6.98. The zero-order valence-corrected chi connectivity index (χ0v) is 15.8. The maximum atomic E-state index is 6.12. The SMILES string of the molecule is C#CN=C(Nc1cc(-c2ccc(OC)cc2)ncn1)O[C@H]1CN2CCC1CC2. The van der Waals surface area contributed by atoms with E-state index in [9.17, 15) is 0 Å². The Morgan fingerprint density at radius 3 is 2.68 bits per heavy atom. The molecule has 3 fully saturated rings. The van der Waals surface area contributed by atoms with Crippen LogP contribution in [0.25, 0.3) is 11.3 Å². The summed E-state index contributed by atoms with van der Waals surface area (Å²) in [6, 6.07) is 12.1. The van der Waals surface area contributed by atoms with Crippen LogP contribution < -0.4 is 10.1 Å². The number of aliphatic imine (C=N–C) groups is 1. The van der Waals surface area contributed by atoms with Gasteiger partial charge in [-0.05, 0) is 56.1 Å². The summed E-state index contributed by atoms with van der Waals surface area (Å²) < 4.78 is 11.3. The number of terminal acetylenes is 1. The van der Waals surface area contributed by atoms with Crippen LogP contribution in [-0.2, 0) is 4.74 Å². The van der Waals surface area contributed by atoms with Gasteiger partial charge in [0, 0.05) is 24.2 Å². The van der Waals surface area contributed by atoms with Crippen LogP contribution in [0, 0.1) is 18.4 Å². The summed E-state index contributed by atoms with van der Waals surface area (Å²) in [6.07, 6.45) is 9.32. The van der Waals surface area contributed by atoms with E-state index in [4.69, 9.17) is 15.9 Å². The van der Waals surface area contributed by atoms with Gasteiger partial charge >= 0.3 is 6.02 Å². The number of nitrogens with one attached hydrogen (secondary N) is 1. The van der Waals surface area contributed by atoms with Gasteiger partial charge in [-0.3, -0.25) is 10.2 Å². The highest BCUT2D eigenvalue weighted by Crippen LogP contribution is 2.30. The smallest absolute Gasteiger partial charge is 0.304 e. The van der Waals surface area contributed by atoms with Gasteiger partial charge in [-0.2, -0.15) is 0 Å². The Bertz CT molecular complexity index is 882. The van der Waals surface area contributed by atoms with Crippen molar-refractivity contribution in [3.8, 4) is 29.5 Å². The first-order valence-electron chi connectivity index (χ1n) is 9.41. The molecular weight excluding hydrogens is 354 g/mol. The van der Waals surface area contributed by atoms with Gasteiger partial charge < -0.3 is 9.47 Å². The van der Waals surface area contributed by atoms with Crippen LogP contribution in [0.4, 0.5) is 5.82 Å². The van der Waals surface area contributed by atoms with Crippen molar-refractivity contribution in [3.05, 3.63) is 36.7 Å². The van der Waals surface area contributed by atoms with Gasteiger partial charge in [0.2, 0.25) is 0 Å². The highest BCUT2D eigenvalue weighted by Gasteiger charge is 2.36. The number of benzene rings is 1. The van der Waals surface area contributed by atoms with Crippen molar-refractivity contribution in [2.75, 3.05) is 32.1 Å². The van der Waals surface area contributed by atoms with Crippen LogP contribution in [0.1, 0.15) is 12.8 Å². The van der Waals surface area contributed by atoms with Gasteiger partial charge in [-0.25, -0.2) is 9.97 Å². The molecule has 5 rings (SSSR count). The van der Waals surface area contributed by atoms with Crippen LogP contribution in [0.5, 0.6) is 5.75 Å². The van der Waals surface area contributed by atoms with E-state index < -0.39 is 0 Å². The number of methoxy groups -OCH3 is 1. The lowest BCUT2D eigenvalue weighted by Crippen LogP contribution is -2.52. The van der Waals surface area contributed by atoms with Crippen molar-refractivity contribution < 1.29 is 9.47 Å². The minimum atomic E-state index is 0.102. The second kappa shape index (κ2) is 8.28. The first-order valence-corrected chi connectivity index (χ1v) is 9.41. The van der Waals surface area contributed by atoms with Gasteiger partial charge in [0.05, 0.1) is 12.8 Å². The molecule has 1 N–H and O–H groups in total. The molecule has 7 heteroatoms. The fourth-order valence-corrected chi connectivity index (χ4v) is 3.78. The summed E-state index contributed by atoms with van der Waals surface area (Å²) in [5.74, 6) is 1.93. The Balaban J connectivity index is 1.48. The predicted octanol–water partition coefficient (Wildman–Crippen LogP) is 2.62. The van der Waals surface area contributed by atoms with Crippen LogP contribution in [0.3, 0.4) is 0 Å². The zero-order chi connectivity index (χ0) is 19.3. The number of hydrogen-bond donors (Lipinski definition) is 1. The Morgan fingerprint density at radius 2 is 2.04 bits per heavy atom. The molecule has 1 aromatic carbocycles. The second-order valence-corrected chi connectivity index (χ2v) is 6.98. The molecular formula is C21H23N5O2. The normalized spacial score (nSPS) is 23.7. The number of hydrogen-bond acceptors (Lipinski definition) is 6. The minimum Gasteiger partial charge on any atom is -0.497 e. The molecule has 144 valence electrons.